The summed E-state index contributed by atoms with van der Waals surface area (Å²) in [6, 6.07) is 7.95. The van der Waals surface area contributed by atoms with E-state index in [1.54, 1.807) is 7.05 Å². The van der Waals surface area contributed by atoms with Crippen LogP contribution in [0.25, 0.3) is 0 Å². The zero-order valence-electron chi connectivity index (χ0n) is 7.29. The minimum absolute atomic E-state index is 0.198. The molecule has 1 aromatic rings. The number of quaternary nitrogens is 1. The first kappa shape index (κ1) is 7.77. The molecule has 1 aromatic carbocycles. The van der Waals surface area contributed by atoms with Gasteiger partial charge in [0.1, 0.15) is 5.69 Å². The average molecular weight is 163 g/mol. The highest BCUT2D eigenvalue weighted by atomic mass is 16.5. The van der Waals surface area contributed by atoms with Crippen molar-refractivity contribution in [1.82, 2.24) is 4.65 Å². The van der Waals surface area contributed by atoms with E-state index < -0.39 is 0 Å². The van der Waals surface area contributed by atoms with Crippen LogP contribution >= 0.6 is 0 Å². The second-order valence-corrected chi connectivity index (χ2v) is 3.56. The predicted molar refractivity (Wildman–Crippen MR) is 50.7 cm³/mol. The highest BCUT2D eigenvalue weighted by molar-refractivity contribution is 5.52. The van der Waals surface area contributed by atoms with Crippen molar-refractivity contribution >= 4 is 5.69 Å². The van der Waals surface area contributed by atoms with Gasteiger partial charge in [0.15, 0.2) is 0 Å². The quantitative estimate of drug-likeness (QED) is 0.424. The normalized spacial score (nSPS) is 28.2. The molecule has 0 radical (unpaired) electrons. The van der Waals surface area contributed by atoms with Gasteiger partial charge in [-0.2, -0.15) is 0 Å². The minimum atomic E-state index is -0.198. The number of rotatable bonds is 0. The van der Waals surface area contributed by atoms with E-state index in [-0.39, 0.29) is 4.65 Å². The maximum atomic E-state index is 11.9. The van der Waals surface area contributed by atoms with Crippen LogP contribution in [-0.2, 0) is 6.42 Å². The van der Waals surface area contributed by atoms with E-state index in [1.807, 2.05) is 18.2 Å². The first-order valence-corrected chi connectivity index (χ1v) is 4.35. The molecule has 64 valence electrons. The third-order valence-corrected chi connectivity index (χ3v) is 2.53. The summed E-state index contributed by atoms with van der Waals surface area (Å²) in [5, 5.41) is 11.9. The van der Waals surface area contributed by atoms with Crippen LogP contribution in [0.2, 0.25) is 0 Å². The molecular weight excluding hydrogens is 150 g/mol. The predicted octanol–water partition coefficient (Wildman–Crippen LogP) is 2.07. The summed E-state index contributed by atoms with van der Waals surface area (Å²) in [5.74, 6) is 0. The highest BCUT2D eigenvalue weighted by Gasteiger charge is 2.22. The molecule has 1 aliphatic heterocycles. The first-order chi connectivity index (χ1) is 5.70. The zero-order chi connectivity index (χ0) is 8.60. The lowest BCUT2D eigenvalue weighted by molar-refractivity contribution is 0.410. The Morgan fingerprint density at radius 3 is 2.83 bits per heavy atom. The summed E-state index contributed by atoms with van der Waals surface area (Å²) in [5.41, 5.74) is 2.17. The smallest absolute Gasteiger partial charge is 0.135 e. The fourth-order valence-corrected chi connectivity index (χ4v) is 1.88. The molecule has 0 unspecified atom stereocenters. The molecule has 12 heavy (non-hydrogen) atoms. The Morgan fingerprint density at radius 2 is 2.08 bits per heavy atom. The van der Waals surface area contributed by atoms with Crippen molar-refractivity contribution in [3.8, 4) is 0 Å². The van der Waals surface area contributed by atoms with Crippen LogP contribution in [0.5, 0.6) is 0 Å². The van der Waals surface area contributed by atoms with E-state index in [1.165, 1.54) is 5.56 Å². The third-order valence-electron chi connectivity index (χ3n) is 2.53. The van der Waals surface area contributed by atoms with Gasteiger partial charge in [-0.1, -0.05) is 18.2 Å². The number of nitrogens with zero attached hydrogens (tertiary/aromatic N) is 1. The minimum Gasteiger partial charge on any atom is -0.628 e. The molecule has 0 amide bonds. The van der Waals surface area contributed by atoms with Crippen LogP contribution in [0.4, 0.5) is 5.69 Å². The van der Waals surface area contributed by atoms with Gasteiger partial charge in [0.05, 0.1) is 13.6 Å². The van der Waals surface area contributed by atoms with Crippen molar-refractivity contribution in [2.24, 2.45) is 0 Å². The molecule has 0 aromatic heterocycles. The Kier molecular flexibility index (Phi) is 1.67. The summed E-state index contributed by atoms with van der Waals surface area (Å²) < 4.78 is -0.198. The van der Waals surface area contributed by atoms with Gasteiger partial charge in [0.2, 0.25) is 0 Å². The van der Waals surface area contributed by atoms with Crippen LogP contribution in [0, 0.1) is 5.21 Å². The molecule has 1 atom stereocenters. The topological polar surface area (TPSA) is 23.1 Å². The van der Waals surface area contributed by atoms with E-state index >= 15 is 0 Å². The largest absolute Gasteiger partial charge is 0.628 e. The fourth-order valence-electron chi connectivity index (χ4n) is 1.88. The van der Waals surface area contributed by atoms with Crippen LogP contribution in [0.15, 0.2) is 24.3 Å². The SMILES string of the molecule is C[N@@+]1([O-])CCCc2ccccc21. The first-order valence-electron chi connectivity index (χ1n) is 4.35. The lowest BCUT2D eigenvalue weighted by atomic mass is 10.0. The van der Waals surface area contributed by atoms with Gasteiger partial charge in [0, 0.05) is 12.0 Å². The Morgan fingerprint density at radius 1 is 1.33 bits per heavy atom. The maximum Gasteiger partial charge on any atom is 0.135 e. The number of hydrogen-bond donors (Lipinski definition) is 0. The van der Waals surface area contributed by atoms with Gasteiger partial charge in [-0.25, -0.2) is 0 Å². The molecule has 0 fully saturated rings. The van der Waals surface area contributed by atoms with E-state index in [0.29, 0.717) is 0 Å². The van der Waals surface area contributed by atoms with Crippen molar-refractivity contribution < 1.29 is 0 Å². The van der Waals surface area contributed by atoms with Crippen molar-refractivity contribution in [3.05, 3.63) is 35.0 Å². The van der Waals surface area contributed by atoms with Gasteiger partial charge in [-0.05, 0) is 12.5 Å². The van der Waals surface area contributed by atoms with Crippen molar-refractivity contribution in [3.63, 3.8) is 0 Å². The number of hydroxylamine groups is 2. The van der Waals surface area contributed by atoms with Crippen LogP contribution < -0.4 is 4.65 Å². The van der Waals surface area contributed by atoms with E-state index in [0.717, 1.165) is 25.1 Å². The van der Waals surface area contributed by atoms with Crippen molar-refractivity contribution in [1.29, 1.82) is 0 Å². The number of para-hydroxylation sites is 1. The molecule has 2 heteroatoms. The van der Waals surface area contributed by atoms with Crippen LogP contribution in [0.1, 0.15) is 12.0 Å². The molecule has 2 rings (SSSR count). The van der Waals surface area contributed by atoms with Gasteiger partial charge in [-0.3, -0.25) is 0 Å². The van der Waals surface area contributed by atoms with Gasteiger partial charge in [-0.15, -0.1) is 0 Å². The average Bonchev–Trinajstić information content (AvgIpc) is 2.04. The Bertz CT molecular complexity index is 294. The molecule has 0 spiro atoms. The summed E-state index contributed by atoms with van der Waals surface area (Å²) in [7, 11) is 1.73. The summed E-state index contributed by atoms with van der Waals surface area (Å²) in [4.78, 5) is 0. The fraction of sp³-hybridized carbons (Fsp3) is 0.400. The van der Waals surface area contributed by atoms with E-state index in [9.17, 15) is 5.21 Å². The maximum absolute atomic E-state index is 11.9. The van der Waals surface area contributed by atoms with Crippen molar-refractivity contribution in [2.45, 2.75) is 12.8 Å². The van der Waals surface area contributed by atoms with Crippen molar-refractivity contribution in [2.75, 3.05) is 13.6 Å². The monoisotopic (exact) mass is 163 g/mol. The molecule has 2 nitrogen and oxygen atoms in total. The second-order valence-electron chi connectivity index (χ2n) is 3.56. The number of aryl methyl sites for hydroxylation is 1. The number of fused-ring (bicyclic) bond motifs is 1. The van der Waals surface area contributed by atoms with Crippen LogP contribution in [-0.4, -0.2) is 13.6 Å². The molecule has 0 bridgehead atoms. The van der Waals surface area contributed by atoms with E-state index in [4.69, 9.17) is 0 Å². The lowest BCUT2D eigenvalue weighted by Crippen LogP contribution is -2.42. The lowest BCUT2D eigenvalue weighted by Gasteiger charge is -2.42. The number of benzene rings is 1. The second kappa shape index (κ2) is 2.57. The number of hydrogen-bond acceptors (Lipinski definition) is 1. The molecule has 0 N–H and O–H groups in total. The molecule has 1 heterocycles. The zero-order valence-corrected chi connectivity index (χ0v) is 7.29. The van der Waals surface area contributed by atoms with Gasteiger partial charge < -0.3 is 9.85 Å². The van der Waals surface area contributed by atoms with E-state index in [2.05, 4.69) is 6.07 Å². The Hall–Kier alpha value is -0.860. The molecule has 0 aliphatic carbocycles. The Labute approximate surface area is 72.6 Å². The Balaban J connectivity index is 2.52. The standard InChI is InChI=1S/C10H13NO/c1-11(12)8-4-6-9-5-2-3-7-10(9)11/h2-3,5,7H,4,6,8H2,1H3/t11-/m1/s1. The molecular formula is C10H13NO. The van der Waals surface area contributed by atoms with Gasteiger partial charge in [0.25, 0.3) is 0 Å². The highest BCUT2D eigenvalue weighted by Crippen LogP contribution is 2.30. The third kappa shape index (κ3) is 1.13. The summed E-state index contributed by atoms with van der Waals surface area (Å²) in [6.07, 6.45) is 2.07. The molecule has 1 aliphatic rings. The van der Waals surface area contributed by atoms with Crippen LogP contribution in [0.3, 0.4) is 0 Å². The van der Waals surface area contributed by atoms with Gasteiger partial charge >= 0.3 is 0 Å². The summed E-state index contributed by atoms with van der Waals surface area (Å²) in [6.45, 7) is 0.719. The molecule has 0 saturated heterocycles. The molecule has 0 saturated carbocycles. The summed E-state index contributed by atoms with van der Waals surface area (Å²) >= 11 is 0.